The van der Waals surface area contributed by atoms with Crippen molar-refractivity contribution in [1.82, 2.24) is 4.98 Å². The maximum Gasteiger partial charge on any atom is 0.376 e. The van der Waals surface area contributed by atoms with E-state index in [9.17, 15) is 4.79 Å². The van der Waals surface area contributed by atoms with Crippen molar-refractivity contribution in [1.29, 1.82) is 0 Å². The van der Waals surface area contributed by atoms with Crippen LogP contribution in [-0.2, 0) is 4.74 Å². The Morgan fingerprint density at radius 2 is 2.05 bits per heavy atom. The van der Waals surface area contributed by atoms with Crippen molar-refractivity contribution in [2.24, 2.45) is 0 Å². The van der Waals surface area contributed by atoms with Gasteiger partial charge in [-0.15, -0.1) is 0 Å². The lowest BCUT2D eigenvalue weighted by molar-refractivity contribution is 0.0490. The van der Waals surface area contributed by atoms with E-state index < -0.39 is 5.97 Å². The van der Waals surface area contributed by atoms with Crippen molar-refractivity contribution in [3.63, 3.8) is 0 Å². The Balaban J connectivity index is 2.43. The molecule has 0 bridgehead atoms. The molecule has 0 aliphatic carbocycles. The number of methoxy groups -OCH3 is 2. The van der Waals surface area contributed by atoms with Gasteiger partial charge in [-0.25, -0.2) is 9.78 Å². The van der Waals surface area contributed by atoms with Crippen LogP contribution in [0.1, 0.15) is 23.2 Å². The fourth-order valence-electron chi connectivity index (χ4n) is 1.87. The van der Waals surface area contributed by atoms with E-state index in [-0.39, 0.29) is 12.4 Å². The third-order valence-corrected chi connectivity index (χ3v) is 2.90. The normalized spacial score (nSPS) is 10.3. The van der Waals surface area contributed by atoms with Crippen LogP contribution < -0.4 is 9.47 Å². The molecule has 1 aromatic heterocycles. The van der Waals surface area contributed by atoms with E-state index in [2.05, 4.69) is 4.98 Å². The molecule has 0 atom stereocenters. The zero-order valence-corrected chi connectivity index (χ0v) is 12.4. The molecule has 1 heterocycles. The number of benzene rings is 1. The Kier molecular flexibility index (Phi) is 4.47. The van der Waals surface area contributed by atoms with E-state index in [4.69, 9.17) is 18.6 Å². The van der Waals surface area contributed by atoms with Crippen LogP contribution in [0.15, 0.2) is 22.6 Å². The standard InChI is InChI=1S/C15H17NO5/c1-5-20-15(17)13-9(2)16-14(21-13)11-7-6-10(18-3)8-12(11)19-4/h6-8H,5H2,1-4H3. The summed E-state index contributed by atoms with van der Waals surface area (Å²) in [5, 5.41) is 0. The number of aryl methyl sites for hydroxylation is 1. The third-order valence-electron chi connectivity index (χ3n) is 2.90. The van der Waals surface area contributed by atoms with Gasteiger partial charge in [0.1, 0.15) is 11.5 Å². The second kappa shape index (κ2) is 6.30. The average Bonchev–Trinajstić information content (AvgIpc) is 2.88. The van der Waals surface area contributed by atoms with Crippen molar-refractivity contribution in [3.05, 3.63) is 29.7 Å². The van der Waals surface area contributed by atoms with E-state index in [1.165, 1.54) is 0 Å². The highest BCUT2D eigenvalue weighted by molar-refractivity contribution is 5.88. The average molecular weight is 291 g/mol. The lowest BCUT2D eigenvalue weighted by Crippen LogP contribution is -2.04. The van der Waals surface area contributed by atoms with Crippen LogP contribution in [0.5, 0.6) is 11.5 Å². The monoisotopic (exact) mass is 291 g/mol. The molecule has 2 rings (SSSR count). The number of oxazole rings is 1. The molecule has 0 unspecified atom stereocenters. The fraction of sp³-hybridized carbons (Fsp3) is 0.333. The lowest BCUT2D eigenvalue weighted by Gasteiger charge is -2.07. The molecule has 0 spiro atoms. The minimum atomic E-state index is -0.527. The highest BCUT2D eigenvalue weighted by Gasteiger charge is 2.21. The Bertz CT molecular complexity index is 648. The molecule has 0 fully saturated rings. The van der Waals surface area contributed by atoms with E-state index in [0.29, 0.717) is 28.6 Å². The number of hydrogen-bond donors (Lipinski definition) is 0. The maximum absolute atomic E-state index is 11.8. The van der Waals surface area contributed by atoms with Gasteiger partial charge >= 0.3 is 5.97 Å². The molecular formula is C15H17NO5. The van der Waals surface area contributed by atoms with Gasteiger partial charge in [-0.2, -0.15) is 0 Å². The SMILES string of the molecule is CCOC(=O)c1oc(-c2ccc(OC)cc2OC)nc1C. The van der Waals surface area contributed by atoms with Gasteiger partial charge in [0.05, 0.1) is 32.1 Å². The first-order chi connectivity index (χ1) is 10.1. The van der Waals surface area contributed by atoms with Crippen LogP contribution in [0.2, 0.25) is 0 Å². The van der Waals surface area contributed by atoms with Gasteiger partial charge in [0.15, 0.2) is 0 Å². The van der Waals surface area contributed by atoms with Crippen molar-refractivity contribution < 1.29 is 23.4 Å². The topological polar surface area (TPSA) is 70.8 Å². The summed E-state index contributed by atoms with van der Waals surface area (Å²) in [4.78, 5) is 16.0. The zero-order chi connectivity index (χ0) is 15.4. The first-order valence-electron chi connectivity index (χ1n) is 6.47. The van der Waals surface area contributed by atoms with Crippen LogP contribution in [0, 0.1) is 6.92 Å². The summed E-state index contributed by atoms with van der Waals surface area (Å²) >= 11 is 0. The molecule has 0 aliphatic heterocycles. The number of rotatable bonds is 5. The Hall–Kier alpha value is -2.50. The molecular weight excluding hydrogens is 274 g/mol. The number of nitrogens with zero attached hydrogens (tertiary/aromatic N) is 1. The summed E-state index contributed by atoms with van der Waals surface area (Å²) in [6.45, 7) is 3.70. The lowest BCUT2D eigenvalue weighted by atomic mass is 10.2. The van der Waals surface area contributed by atoms with Crippen LogP contribution in [0.25, 0.3) is 11.5 Å². The van der Waals surface area contributed by atoms with E-state index in [1.54, 1.807) is 46.3 Å². The molecule has 0 saturated carbocycles. The maximum atomic E-state index is 11.8. The van der Waals surface area contributed by atoms with Crippen LogP contribution >= 0.6 is 0 Å². The minimum Gasteiger partial charge on any atom is -0.497 e. The quantitative estimate of drug-likeness (QED) is 0.789. The predicted molar refractivity (Wildman–Crippen MR) is 75.7 cm³/mol. The second-order valence-electron chi connectivity index (χ2n) is 4.22. The molecule has 0 radical (unpaired) electrons. The number of ether oxygens (including phenoxy) is 3. The van der Waals surface area contributed by atoms with Gasteiger partial charge < -0.3 is 18.6 Å². The summed E-state index contributed by atoms with van der Waals surface area (Å²) in [5.74, 6) is 1.08. The molecule has 0 aliphatic rings. The van der Waals surface area contributed by atoms with E-state index in [0.717, 1.165) is 0 Å². The summed E-state index contributed by atoms with van der Waals surface area (Å²) < 4.78 is 20.9. The molecule has 6 heteroatoms. The fourth-order valence-corrected chi connectivity index (χ4v) is 1.87. The molecule has 21 heavy (non-hydrogen) atoms. The molecule has 112 valence electrons. The molecule has 2 aromatic rings. The predicted octanol–water partition coefficient (Wildman–Crippen LogP) is 2.84. The molecule has 0 saturated heterocycles. The number of hydrogen-bond acceptors (Lipinski definition) is 6. The number of carbonyl (C=O) groups excluding carboxylic acids is 1. The van der Waals surface area contributed by atoms with Crippen molar-refractivity contribution >= 4 is 5.97 Å². The summed E-state index contributed by atoms with van der Waals surface area (Å²) in [6, 6.07) is 5.25. The van der Waals surface area contributed by atoms with E-state index in [1.807, 2.05) is 0 Å². The molecule has 1 aromatic carbocycles. The summed E-state index contributed by atoms with van der Waals surface area (Å²) in [7, 11) is 3.11. The van der Waals surface area contributed by atoms with Crippen molar-refractivity contribution in [2.75, 3.05) is 20.8 Å². The highest BCUT2D eigenvalue weighted by Crippen LogP contribution is 2.33. The zero-order valence-electron chi connectivity index (χ0n) is 12.4. The second-order valence-corrected chi connectivity index (χ2v) is 4.22. The molecule has 6 nitrogen and oxygen atoms in total. The van der Waals surface area contributed by atoms with Gasteiger partial charge in [0.2, 0.25) is 11.7 Å². The number of esters is 1. The van der Waals surface area contributed by atoms with Gasteiger partial charge in [0.25, 0.3) is 0 Å². The number of carbonyl (C=O) groups is 1. The van der Waals surface area contributed by atoms with Gasteiger partial charge in [-0.1, -0.05) is 0 Å². The molecule has 0 amide bonds. The van der Waals surface area contributed by atoms with Gasteiger partial charge in [-0.05, 0) is 26.0 Å². The summed E-state index contributed by atoms with van der Waals surface area (Å²) in [6.07, 6.45) is 0. The van der Waals surface area contributed by atoms with Gasteiger partial charge in [0, 0.05) is 6.07 Å². The van der Waals surface area contributed by atoms with Crippen LogP contribution in [0.3, 0.4) is 0 Å². The minimum absolute atomic E-state index is 0.102. The largest absolute Gasteiger partial charge is 0.497 e. The number of aromatic nitrogens is 1. The molecule has 0 N–H and O–H groups in total. The highest BCUT2D eigenvalue weighted by atomic mass is 16.5. The van der Waals surface area contributed by atoms with E-state index >= 15 is 0 Å². The van der Waals surface area contributed by atoms with Crippen LogP contribution in [0.4, 0.5) is 0 Å². The smallest absolute Gasteiger partial charge is 0.376 e. The first kappa shape index (κ1) is 14.9. The summed E-state index contributed by atoms with van der Waals surface area (Å²) in [5.41, 5.74) is 1.11. The third kappa shape index (κ3) is 2.99. The Morgan fingerprint density at radius 1 is 1.29 bits per heavy atom. The first-order valence-corrected chi connectivity index (χ1v) is 6.47. The van der Waals surface area contributed by atoms with Gasteiger partial charge in [-0.3, -0.25) is 0 Å². The Labute approximate surface area is 122 Å². The van der Waals surface area contributed by atoms with Crippen LogP contribution in [-0.4, -0.2) is 31.8 Å². The van der Waals surface area contributed by atoms with Crippen molar-refractivity contribution in [2.45, 2.75) is 13.8 Å². The van der Waals surface area contributed by atoms with Crippen molar-refractivity contribution in [3.8, 4) is 23.0 Å². The Morgan fingerprint density at radius 3 is 2.67 bits per heavy atom.